The molecule has 0 aliphatic carbocycles. The first-order chi connectivity index (χ1) is 14.3. The Labute approximate surface area is 180 Å². The van der Waals surface area contributed by atoms with Crippen LogP contribution in [0, 0.1) is 0 Å². The smallest absolute Gasteiger partial charge is 0.211 e. The molecule has 0 saturated carbocycles. The van der Waals surface area contributed by atoms with E-state index in [1.54, 1.807) is 22.3 Å². The number of fused-ring (bicyclic) bond motifs is 8. The zero-order valence-electron chi connectivity index (χ0n) is 18.7. The molecule has 0 aromatic heterocycles. The van der Waals surface area contributed by atoms with Crippen LogP contribution in [0.4, 0.5) is 0 Å². The summed E-state index contributed by atoms with van der Waals surface area (Å²) < 4.78 is 1.24. The zero-order valence-corrected chi connectivity index (χ0v) is 18.7. The Kier molecular flexibility index (Phi) is 2.66. The minimum atomic E-state index is 0.0952. The molecule has 1 nitrogen and oxygen atoms in total. The highest BCUT2D eigenvalue weighted by atomic mass is 15.8. The van der Waals surface area contributed by atoms with Gasteiger partial charge in [-0.1, -0.05) is 93.6 Å². The lowest BCUT2D eigenvalue weighted by molar-refractivity contribution is -0.832. The molecule has 0 bridgehead atoms. The summed E-state index contributed by atoms with van der Waals surface area (Å²) in [4.78, 5) is 0. The van der Waals surface area contributed by atoms with Crippen molar-refractivity contribution in [2.45, 2.75) is 69.1 Å². The van der Waals surface area contributed by atoms with Gasteiger partial charge in [0.15, 0.2) is 16.6 Å². The van der Waals surface area contributed by atoms with E-state index in [0.717, 1.165) is 12.5 Å². The Morgan fingerprint density at radius 2 is 1.27 bits per heavy atom. The molecule has 2 fully saturated rings. The number of nitrogens with zero attached hydrogens (tertiary/aromatic N) is 1. The summed E-state index contributed by atoms with van der Waals surface area (Å²) in [5.74, 6) is 0. The lowest BCUT2D eigenvalue weighted by Gasteiger charge is -2.31. The largest absolute Gasteiger partial charge is 0.270 e. The summed E-state index contributed by atoms with van der Waals surface area (Å²) in [6.07, 6.45) is 1.15. The van der Waals surface area contributed by atoms with Crippen molar-refractivity contribution in [3.63, 3.8) is 0 Å². The molecule has 5 atom stereocenters. The van der Waals surface area contributed by atoms with Crippen LogP contribution in [-0.2, 0) is 28.5 Å². The predicted molar refractivity (Wildman–Crippen MR) is 121 cm³/mol. The van der Waals surface area contributed by atoms with E-state index in [0.29, 0.717) is 0 Å². The third-order valence-electron chi connectivity index (χ3n) is 9.51. The molecule has 7 rings (SSSR count). The average molecular weight is 393 g/mol. The third-order valence-corrected chi connectivity index (χ3v) is 9.51. The highest BCUT2D eigenvalue weighted by Crippen LogP contribution is 2.97. The summed E-state index contributed by atoms with van der Waals surface area (Å²) in [7, 11) is 0. The van der Waals surface area contributed by atoms with Crippen LogP contribution in [0.25, 0.3) is 0 Å². The van der Waals surface area contributed by atoms with Gasteiger partial charge in [-0.3, -0.25) is 4.48 Å². The van der Waals surface area contributed by atoms with Crippen LogP contribution in [0.5, 0.6) is 0 Å². The van der Waals surface area contributed by atoms with E-state index in [9.17, 15) is 0 Å². The molecule has 4 aliphatic heterocycles. The molecule has 4 heterocycles. The molecule has 3 aromatic rings. The highest BCUT2D eigenvalue weighted by molar-refractivity contribution is 5.67. The molecule has 2 saturated heterocycles. The Morgan fingerprint density at radius 3 is 1.87 bits per heavy atom. The molecule has 0 N–H and O–H groups in total. The Hall–Kier alpha value is -2.38. The quantitative estimate of drug-likeness (QED) is 0.363. The van der Waals surface area contributed by atoms with Gasteiger partial charge in [0.1, 0.15) is 0 Å². The minimum Gasteiger partial charge on any atom is -0.270 e. The van der Waals surface area contributed by atoms with Gasteiger partial charge in [0.05, 0.1) is 0 Å². The van der Waals surface area contributed by atoms with E-state index >= 15 is 0 Å². The summed E-state index contributed by atoms with van der Waals surface area (Å²) in [6.45, 7) is 12.0. The van der Waals surface area contributed by atoms with Gasteiger partial charge < -0.3 is 0 Å². The van der Waals surface area contributed by atoms with Gasteiger partial charge in [0, 0.05) is 35.6 Å². The first-order valence-corrected chi connectivity index (χ1v) is 11.4. The molecule has 30 heavy (non-hydrogen) atoms. The molecule has 3 aromatic carbocycles. The molecule has 1 heteroatoms. The molecule has 0 amide bonds. The first kappa shape index (κ1) is 17.3. The zero-order chi connectivity index (χ0) is 20.7. The van der Waals surface area contributed by atoms with Crippen molar-refractivity contribution < 1.29 is 4.48 Å². The number of hydrogen-bond acceptors (Lipinski definition) is 0. The van der Waals surface area contributed by atoms with Gasteiger partial charge in [-0.05, 0) is 23.5 Å². The van der Waals surface area contributed by atoms with Crippen molar-refractivity contribution in [1.29, 1.82) is 0 Å². The van der Waals surface area contributed by atoms with Gasteiger partial charge in [0.25, 0.3) is 0 Å². The SMILES string of the molecule is CC(C)(C)c1ccc(C[C@@]23c4ccccc4C4(C)c5ccccc5[C@@]5(C)C2[N+]453)cc1. The van der Waals surface area contributed by atoms with Crippen molar-refractivity contribution in [3.05, 3.63) is 106 Å². The molecule has 4 aliphatic rings. The average Bonchev–Trinajstić information content (AvgIpc) is 3.53. The predicted octanol–water partition coefficient (Wildman–Crippen LogP) is 6.14. The Balaban J connectivity index is 1.40. The summed E-state index contributed by atoms with van der Waals surface area (Å²) >= 11 is 0. The van der Waals surface area contributed by atoms with Gasteiger partial charge in [-0.2, -0.15) is 0 Å². The van der Waals surface area contributed by atoms with Gasteiger partial charge in [0.2, 0.25) is 6.04 Å². The van der Waals surface area contributed by atoms with Crippen molar-refractivity contribution in [3.8, 4) is 0 Å². The van der Waals surface area contributed by atoms with Crippen LogP contribution in [0.2, 0.25) is 0 Å². The summed E-state index contributed by atoms with van der Waals surface area (Å²) in [5.41, 5.74) is 10.1. The standard InChI is InChI=1S/C29H30N/c1-26(2,3)20-16-14-19(15-17-20)18-29-24-13-9-8-12-23(24)27(4)21-10-6-7-11-22(21)28(5)25(29)30(27,28)29/h6-17,25H,18H2,1-5H3/q+1/t25?,27?,28-,29+,30?/m0/s1. The van der Waals surface area contributed by atoms with Crippen LogP contribution >= 0.6 is 0 Å². The monoisotopic (exact) mass is 392 g/mol. The third kappa shape index (κ3) is 1.39. The molecule has 1 spiro atoms. The van der Waals surface area contributed by atoms with E-state index in [4.69, 9.17) is 0 Å². The summed E-state index contributed by atoms with van der Waals surface area (Å²) in [5, 5.41) is 0. The topological polar surface area (TPSA) is 0 Å². The minimum absolute atomic E-state index is 0.0952. The number of hydrogen-bond donors (Lipinski definition) is 0. The maximum Gasteiger partial charge on any atom is 0.211 e. The molecule has 0 radical (unpaired) electrons. The maximum atomic E-state index is 2.54. The van der Waals surface area contributed by atoms with E-state index in [1.807, 2.05) is 0 Å². The lowest BCUT2D eigenvalue weighted by atomic mass is 9.72. The molecular weight excluding hydrogens is 362 g/mol. The number of benzene rings is 3. The van der Waals surface area contributed by atoms with Gasteiger partial charge in [-0.25, -0.2) is 0 Å². The van der Waals surface area contributed by atoms with Crippen LogP contribution in [0.3, 0.4) is 0 Å². The number of quaternary nitrogens is 1. The number of rotatable bonds is 2. The van der Waals surface area contributed by atoms with E-state index in [2.05, 4.69) is 107 Å². The lowest BCUT2D eigenvalue weighted by Crippen LogP contribution is -2.45. The highest BCUT2D eigenvalue weighted by Gasteiger charge is 3.15. The fourth-order valence-corrected chi connectivity index (χ4v) is 8.54. The first-order valence-electron chi connectivity index (χ1n) is 11.4. The van der Waals surface area contributed by atoms with Crippen molar-refractivity contribution in [1.82, 2.24) is 0 Å². The fraction of sp³-hybridized carbons (Fsp3) is 0.379. The van der Waals surface area contributed by atoms with Crippen LogP contribution in [-0.4, -0.2) is 10.5 Å². The van der Waals surface area contributed by atoms with Crippen molar-refractivity contribution >= 4 is 0 Å². The van der Waals surface area contributed by atoms with Crippen molar-refractivity contribution in [2.24, 2.45) is 0 Å². The second-order valence-electron chi connectivity index (χ2n) is 11.5. The van der Waals surface area contributed by atoms with E-state index in [-0.39, 0.29) is 22.0 Å². The molecule has 150 valence electrons. The molecular formula is C29H30N+. The van der Waals surface area contributed by atoms with Gasteiger partial charge in [-0.15, -0.1) is 0 Å². The second kappa shape index (κ2) is 4.60. The Bertz CT molecular complexity index is 1250. The van der Waals surface area contributed by atoms with E-state index < -0.39 is 0 Å². The van der Waals surface area contributed by atoms with Gasteiger partial charge >= 0.3 is 0 Å². The van der Waals surface area contributed by atoms with E-state index in [1.165, 1.54) is 15.6 Å². The Morgan fingerprint density at radius 1 is 0.733 bits per heavy atom. The summed E-state index contributed by atoms with van der Waals surface area (Å²) in [6, 6.07) is 28.9. The normalized spacial score (nSPS) is 38.5. The van der Waals surface area contributed by atoms with Crippen LogP contribution in [0.15, 0.2) is 72.8 Å². The maximum absolute atomic E-state index is 2.54. The molecule has 3 unspecified atom stereocenters. The van der Waals surface area contributed by atoms with Crippen LogP contribution in [0.1, 0.15) is 68.0 Å². The second-order valence-corrected chi connectivity index (χ2v) is 11.5. The fourth-order valence-electron chi connectivity index (χ4n) is 8.54. The van der Waals surface area contributed by atoms with Crippen molar-refractivity contribution in [2.75, 3.05) is 0 Å². The van der Waals surface area contributed by atoms with Crippen LogP contribution < -0.4 is 0 Å².